The molecule has 10 nitrogen and oxygen atoms in total. The van der Waals surface area contributed by atoms with Gasteiger partial charge in [0, 0.05) is 46.3 Å². The standard InChI is InChI=1S/C32H44N4O6/c1-4-13-33(3)29(38)26-25-11-12-32(42-25)27(26)30(39)36(24(22-37)21-23-9-7-6-8-10-23)28(32)31(40)35(14-5-2)16-15-34-17-19-41-20-18-34/h4-10,24-28,37H,1-2,11-22H2,3H3/t24-,25+,26-,27+,28?,32?/m1/s1. The first-order valence-corrected chi connectivity index (χ1v) is 15.1. The second-order valence-electron chi connectivity index (χ2n) is 11.9. The summed E-state index contributed by atoms with van der Waals surface area (Å²) in [4.78, 5) is 50.0. The third kappa shape index (κ3) is 5.53. The fourth-order valence-electron chi connectivity index (χ4n) is 7.43. The van der Waals surface area contributed by atoms with Gasteiger partial charge in [0.05, 0.1) is 43.8 Å². The molecule has 0 aliphatic carbocycles. The van der Waals surface area contributed by atoms with Crippen molar-refractivity contribution in [3.8, 4) is 0 Å². The number of likely N-dealkylation sites (N-methyl/N-ethyl adjacent to an activating group) is 1. The van der Waals surface area contributed by atoms with E-state index >= 15 is 0 Å². The molecule has 6 atom stereocenters. The quantitative estimate of drug-likeness (QED) is 0.347. The van der Waals surface area contributed by atoms with Gasteiger partial charge in [-0.1, -0.05) is 42.5 Å². The number of carbonyl (C=O) groups excluding carboxylic acids is 3. The summed E-state index contributed by atoms with van der Waals surface area (Å²) in [5, 5.41) is 10.7. The van der Waals surface area contributed by atoms with E-state index in [9.17, 15) is 19.5 Å². The fraction of sp³-hybridized carbons (Fsp3) is 0.594. The van der Waals surface area contributed by atoms with Gasteiger partial charge in [0.1, 0.15) is 11.6 Å². The minimum atomic E-state index is -1.13. The molecule has 3 amide bonds. The van der Waals surface area contributed by atoms with E-state index in [0.717, 1.165) is 18.7 Å². The third-order valence-corrected chi connectivity index (χ3v) is 9.41. The van der Waals surface area contributed by atoms with E-state index in [1.54, 1.807) is 33.9 Å². The Morgan fingerprint density at radius 3 is 2.52 bits per heavy atom. The molecular weight excluding hydrogens is 536 g/mol. The average Bonchev–Trinajstić information content (AvgIpc) is 3.66. The van der Waals surface area contributed by atoms with E-state index in [0.29, 0.717) is 58.7 Å². The van der Waals surface area contributed by atoms with Gasteiger partial charge in [0.2, 0.25) is 17.7 Å². The van der Waals surface area contributed by atoms with Gasteiger partial charge in [-0.05, 0) is 24.8 Å². The van der Waals surface area contributed by atoms with Crippen LogP contribution in [0, 0.1) is 11.8 Å². The van der Waals surface area contributed by atoms with Crippen LogP contribution in [-0.4, -0.2) is 132 Å². The Bertz CT molecular complexity index is 1160. The zero-order valence-corrected chi connectivity index (χ0v) is 24.6. The first-order chi connectivity index (χ1) is 20.4. The van der Waals surface area contributed by atoms with E-state index < -0.39 is 35.6 Å². The summed E-state index contributed by atoms with van der Waals surface area (Å²) in [6.07, 6.45) is 4.40. The second kappa shape index (κ2) is 13.1. The molecule has 0 radical (unpaired) electrons. The lowest BCUT2D eigenvalue weighted by molar-refractivity contribution is -0.151. The molecule has 4 saturated heterocycles. The van der Waals surface area contributed by atoms with Gasteiger partial charge in [0.15, 0.2) is 0 Å². The summed E-state index contributed by atoms with van der Waals surface area (Å²) in [6.45, 7) is 12.0. The average molecular weight is 581 g/mol. The Labute approximate surface area is 248 Å². The minimum absolute atomic E-state index is 0.174. The molecule has 4 fully saturated rings. The molecule has 228 valence electrons. The smallest absolute Gasteiger partial charge is 0.248 e. The molecule has 1 spiro atoms. The lowest BCUT2D eigenvalue weighted by atomic mass is 9.70. The predicted molar refractivity (Wildman–Crippen MR) is 157 cm³/mol. The maximum atomic E-state index is 14.6. The number of aliphatic hydroxyl groups excluding tert-OH is 1. The van der Waals surface area contributed by atoms with E-state index in [2.05, 4.69) is 18.1 Å². The molecule has 0 saturated carbocycles. The Hall–Kier alpha value is -3.05. The number of rotatable bonds is 13. The molecular formula is C32H44N4O6. The van der Waals surface area contributed by atoms with Crippen LogP contribution in [0.5, 0.6) is 0 Å². The highest BCUT2D eigenvalue weighted by Crippen LogP contribution is 2.59. The molecule has 0 aromatic heterocycles. The highest BCUT2D eigenvalue weighted by atomic mass is 16.5. The first kappa shape index (κ1) is 30.4. The maximum absolute atomic E-state index is 14.6. The summed E-state index contributed by atoms with van der Waals surface area (Å²) >= 11 is 0. The fourth-order valence-corrected chi connectivity index (χ4v) is 7.43. The molecule has 1 aromatic carbocycles. The van der Waals surface area contributed by atoms with Gasteiger partial charge < -0.3 is 29.3 Å². The number of benzene rings is 1. The van der Waals surface area contributed by atoms with E-state index in [4.69, 9.17) is 9.47 Å². The predicted octanol–water partition coefficient (Wildman–Crippen LogP) is 0.956. The van der Waals surface area contributed by atoms with Crippen molar-refractivity contribution in [2.75, 3.05) is 66.1 Å². The van der Waals surface area contributed by atoms with Gasteiger partial charge in [-0.3, -0.25) is 19.3 Å². The molecule has 42 heavy (non-hydrogen) atoms. The maximum Gasteiger partial charge on any atom is 0.248 e. The Kier molecular flexibility index (Phi) is 9.47. The van der Waals surface area contributed by atoms with E-state index in [-0.39, 0.29) is 24.3 Å². The SMILES string of the molecule is C=CCN(C)C(=O)[C@@H]1[C@@H]2CCC3(O2)C(C(=O)N(CC=C)CCN2CCOCC2)N([C@@H](CO)Cc2ccccc2)C(=O)[C@H]13. The molecule has 1 aromatic rings. The van der Waals surface area contributed by atoms with Crippen molar-refractivity contribution in [1.29, 1.82) is 0 Å². The van der Waals surface area contributed by atoms with E-state index in [1.165, 1.54) is 0 Å². The summed E-state index contributed by atoms with van der Waals surface area (Å²) in [6, 6.07) is 8.04. The van der Waals surface area contributed by atoms with Gasteiger partial charge >= 0.3 is 0 Å². The van der Waals surface area contributed by atoms with Crippen LogP contribution >= 0.6 is 0 Å². The Morgan fingerprint density at radius 2 is 1.86 bits per heavy atom. The summed E-state index contributed by atoms with van der Waals surface area (Å²) in [5.74, 6) is -2.17. The number of aliphatic hydroxyl groups is 1. The Morgan fingerprint density at radius 1 is 1.14 bits per heavy atom. The van der Waals surface area contributed by atoms with Crippen LogP contribution < -0.4 is 0 Å². The van der Waals surface area contributed by atoms with Crippen molar-refractivity contribution in [3.05, 3.63) is 61.2 Å². The number of morpholine rings is 1. The van der Waals surface area contributed by atoms with Gasteiger partial charge in [0.25, 0.3) is 0 Å². The van der Waals surface area contributed by atoms with Crippen molar-refractivity contribution in [2.24, 2.45) is 11.8 Å². The van der Waals surface area contributed by atoms with Crippen molar-refractivity contribution in [3.63, 3.8) is 0 Å². The van der Waals surface area contributed by atoms with Crippen LogP contribution in [0.25, 0.3) is 0 Å². The molecule has 4 aliphatic heterocycles. The highest BCUT2D eigenvalue weighted by Gasteiger charge is 2.75. The third-order valence-electron chi connectivity index (χ3n) is 9.41. The number of fused-ring (bicyclic) bond motifs is 1. The molecule has 5 rings (SSSR count). The summed E-state index contributed by atoms with van der Waals surface area (Å²) in [7, 11) is 1.70. The molecule has 1 N–H and O–H groups in total. The number of hydrogen-bond acceptors (Lipinski definition) is 7. The second-order valence-corrected chi connectivity index (χ2v) is 11.9. The van der Waals surface area contributed by atoms with Gasteiger partial charge in [-0.2, -0.15) is 0 Å². The number of amides is 3. The molecule has 2 bridgehead atoms. The zero-order chi connectivity index (χ0) is 29.9. The topological polar surface area (TPSA) is 103 Å². The number of likely N-dealkylation sites (tertiary alicyclic amines) is 1. The molecule has 10 heteroatoms. The number of nitrogens with zero attached hydrogens (tertiary/aromatic N) is 4. The zero-order valence-electron chi connectivity index (χ0n) is 24.6. The van der Waals surface area contributed by atoms with Crippen molar-refractivity contribution in [1.82, 2.24) is 19.6 Å². The highest BCUT2D eigenvalue weighted by molar-refractivity contribution is 5.99. The van der Waals surface area contributed by atoms with Crippen LogP contribution in [0.15, 0.2) is 55.6 Å². The molecule has 2 unspecified atom stereocenters. The first-order valence-electron chi connectivity index (χ1n) is 15.1. The monoisotopic (exact) mass is 580 g/mol. The van der Waals surface area contributed by atoms with Crippen molar-refractivity contribution >= 4 is 17.7 Å². The van der Waals surface area contributed by atoms with Gasteiger partial charge in [-0.25, -0.2) is 0 Å². The van der Waals surface area contributed by atoms with Crippen LogP contribution in [-0.2, 0) is 30.3 Å². The van der Waals surface area contributed by atoms with Crippen LogP contribution in [0.3, 0.4) is 0 Å². The van der Waals surface area contributed by atoms with Gasteiger partial charge in [-0.15, -0.1) is 13.2 Å². The lowest BCUT2D eigenvalue weighted by Gasteiger charge is -2.40. The largest absolute Gasteiger partial charge is 0.394 e. The van der Waals surface area contributed by atoms with Crippen LogP contribution in [0.2, 0.25) is 0 Å². The molecule has 4 heterocycles. The normalized spacial score (nSPS) is 29.3. The summed E-state index contributed by atoms with van der Waals surface area (Å²) < 4.78 is 12.1. The summed E-state index contributed by atoms with van der Waals surface area (Å²) in [5.41, 5.74) is -0.180. The van der Waals surface area contributed by atoms with E-state index in [1.807, 2.05) is 30.3 Å². The number of carbonyl (C=O) groups is 3. The van der Waals surface area contributed by atoms with Crippen molar-refractivity contribution < 1.29 is 29.0 Å². The lowest BCUT2D eigenvalue weighted by Crippen LogP contribution is -2.59. The number of hydrogen-bond donors (Lipinski definition) is 1. The van der Waals surface area contributed by atoms with Crippen LogP contribution in [0.1, 0.15) is 18.4 Å². The number of ether oxygens (including phenoxy) is 2. The van der Waals surface area contributed by atoms with Crippen LogP contribution in [0.4, 0.5) is 0 Å². The Balaban J connectivity index is 1.50. The minimum Gasteiger partial charge on any atom is -0.394 e. The van der Waals surface area contributed by atoms with Crippen molar-refractivity contribution in [2.45, 2.75) is 43.1 Å². The molecule has 4 aliphatic rings.